The number of nitrogens with zero attached hydrogens (tertiary/aromatic N) is 3. The lowest BCUT2D eigenvalue weighted by molar-refractivity contribution is 0.293. The van der Waals surface area contributed by atoms with Crippen molar-refractivity contribution >= 4 is 0 Å². The molecule has 0 saturated heterocycles. The number of nitriles is 1. The standard InChI is InChI=1S/C15H16N4O2/c1-11(17)10-21-14-6-15(20)19(18-8-14)9-13-4-2-12(7-16)3-5-13/h2-6,8,11H,9-10,17H2,1H3. The highest BCUT2D eigenvalue weighted by molar-refractivity contribution is 5.31. The molecule has 0 aliphatic carbocycles. The SMILES string of the molecule is CC(N)COc1cnn(Cc2ccc(C#N)cc2)c(=O)c1. The monoisotopic (exact) mass is 284 g/mol. The van der Waals surface area contributed by atoms with Gasteiger partial charge in [-0.2, -0.15) is 10.4 Å². The summed E-state index contributed by atoms with van der Waals surface area (Å²) in [5, 5.41) is 12.8. The Morgan fingerprint density at radius 3 is 2.71 bits per heavy atom. The van der Waals surface area contributed by atoms with Crippen molar-refractivity contribution in [1.82, 2.24) is 9.78 Å². The molecule has 0 aliphatic rings. The molecule has 0 bridgehead atoms. The first-order valence-electron chi connectivity index (χ1n) is 6.53. The Balaban J connectivity index is 2.10. The minimum atomic E-state index is -0.249. The topological polar surface area (TPSA) is 93.9 Å². The summed E-state index contributed by atoms with van der Waals surface area (Å²) in [5.41, 5.74) is 6.81. The Morgan fingerprint density at radius 1 is 1.43 bits per heavy atom. The van der Waals surface area contributed by atoms with Gasteiger partial charge in [-0.1, -0.05) is 12.1 Å². The number of benzene rings is 1. The molecule has 21 heavy (non-hydrogen) atoms. The van der Waals surface area contributed by atoms with Gasteiger partial charge in [0, 0.05) is 12.1 Å². The number of ether oxygens (including phenoxy) is 1. The second-order valence-electron chi connectivity index (χ2n) is 4.78. The predicted octanol–water partition coefficient (Wildman–Crippen LogP) is 0.889. The molecule has 0 radical (unpaired) electrons. The predicted molar refractivity (Wildman–Crippen MR) is 77.9 cm³/mol. The van der Waals surface area contributed by atoms with Gasteiger partial charge in [0.1, 0.15) is 12.4 Å². The molecular formula is C15H16N4O2. The largest absolute Gasteiger partial charge is 0.490 e. The maximum Gasteiger partial charge on any atom is 0.270 e. The van der Waals surface area contributed by atoms with Crippen molar-refractivity contribution < 1.29 is 4.74 Å². The van der Waals surface area contributed by atoms with Crippen LogP contribution in [0.5, 0.6) is 5.75 Å². The van der Waals surface area contributed by atoms with Gasteiger partial charge < -0.3 is 10.5 Å². The van der Waals surface area contributed by atoms with Crippen molar-refractivity contribution in [2.75, 3.05) is 6.61 Å². The number of rotatable bonds is 5. The van der Waals surface area contributed by atoms with Crippen molar-refractivity contribution in [3.63, 3.8) is 0 Å². The minimum absolute atomic E-state index is 0.105. The second kappa shape index (κ2) is 6.68. The first kappa shape index (κ1) is 14.8. The van der Waals surface area contributed by atoms with E-state index in [9.17, 15) is 4.79 Å². The second-order valence-corrected chi connectivity index (χ2v) is 4.78. The van der Waals surface area contributed by atoms with E-state index < -0.39 is 0 Å². The van der Waals surface area contributed by atoms with Gasteiger partial charge in [0.05, 0.1) is 24.4 Å². The molecule has 2 rings (SSSR count). The summed E-state index contributed by atoms with van der Waals surface area (Å²) in [6, 6.07) is 10.3. The lowest BCUT2D eigenvalue weighted by Gasteiger charge is -2.09. The summed E-state index contributed by atoms with van der Waals surface area (Å²) < 4.78 is 6.68. The number of hydrogen-bond acceptors (Lipinski definition) is 5. The minimum Gasteiger partial charge on any atom is -0.490 e. The molecule has 0 fully saturated rings. The van der Waals surface area contributed by atoms with Crippen LogP contribution in [0.15, 0.2) is 41.3 Å². The molecular weight excluding hydrogens is 268 g/mol. The number of nitrogens with two attached hydrogens (primary N) is 1. The molecule has 0 aliphatic heterocycles. The van der Waals surface area contributed by atoms with Crippen molar-refractivity contribution in [3.8, 4) is 11.8 Å². The van der Waals surface area contributed by atoms with E-state index in [0.29, 0.717) is 24.5 Å². The third-order valence-electron chi connectivity index (χ3n) is 2.77. The van der Waals surface area contributed by atoms with Crippen molar-refractivity contribution in [2.45, 2.75) is 19.5 Å². The molecule has 2 aromatic rings. The van der Waals surface area contributed by atoms with Crippen molar-refractivity contribution in [2.24, 2.45) is 5.73 Å². The van der Waals surface area contributed by atoms with E-state index in [1.54, 1.807) is 24.3 Å². The maximum atomic E-state index is 11.9. The van der Waals surface area contributed by atoms with Crippen LogP contribution in [0.1, 0.15) is 18.1 Å². The van der Waals surface area contributed by atoms with E-state index in [-0.39, 0.29) is 11.6 Å². The lowest BCUT2D eigenvalue weighted by atomic mass is 10.1. The Hall–Kier alpha value is -2.65. The number of hydrogen-bond donors (Lipinski definition) is 1. The third kappa shape index (κ3) is 4.16. The smallest absolute Gasteiger partial charge is 0.270 e. The molecule has 6 heteroatoms. The van der Waals surface area contributed by atoms with E-state index in [0.717, 1.165) is 5.56 Å². The fourth-order valence-corrected chi connectivity index (χ4v) is 1.70. The van der Waals surface area contributed by atoms with E-state index in [4.69, 9.17) is 15.7 Å². The molecule has 0 saturated carbocycles. The van der Waals surface area contributed by atoms with E-state index in [2.05, 4.69) is 5.10 Å². The zero-order valence-corrected chi connectivity index (χ0v) is 11.7. The molecule has 6 nitrogen and oxygen atoms in total. The van der Waals surface area contributed by atoms with Gasteiger partial charge in [-0.05, 0) is 24.6 Å². The summed E-state index contributed by atoms with van der Waals surface area (Å²) in [4.78, 5) is 11.9. The molecule has 0 spiro atoms. The highest BCUT2D eigenvalue weighted by Gasteiger charge is 2.03. The van der Waals surface area contributed by atoms with Gasteiger partial charge in [-0.3, -0.25) is 4.79 Å². The van der Waals surface area contributed by atoms with Gasteiger partial charge in [0.15, 0.2) is 0 Å². The van der Waals surface area contributed by atoms with Crippen LogP contribution in [0.25, 0.3) is 0 Å². The highest BCUT2D eigenvalue weighted by Crippen LogP contribution is 2.06. The van der Waals surface area contributed by atoms with Crippen LogP contribution in [0.4, 0.5) is 0 Å². The Morgan fingerprint density at radius 2 is 2.14 bits per heavy atom. The van der Waals surface area contributed by atoms with Gasteiger partial charge in [-0.15, -0.1) is 0 Å². The van der Waals surface area contributed by atoms with Crippen molar-refractivity contribution in [1.29, 1.82) is 5.26 Å². The zero-order chi connectivity index (χ0) is 15.2. The van der Waals surface area contributed by atoms with E-state index in [1.807, 2.05) is 13.0 Å². The van der Waals surface area contributed by atoms with Crippen LogP contribution in [0.2, 0.25) is 0 Å². The average molecular weight is 284 g/mol. The molecule has 1 atom stereocenters. The van der Waals surface area contributed by atoms with Crippen LogP contribution < -0.4 is 16.0 Å². The highest BCUT2D eigenvalue weighted by atomic mass is 16.5. The summed E-state index contributed by atoms with van der Waals surface area (Å²) in [6.07, 6.45) is 1.49. The fraction of sp³-hybridized carbons (Fsp3) is 0.267. The third-order valence-corrected chi connectivity index (χ3v) is 2.77. The van der Waals surface area contributed by atoms with E-state index in [1.165, 1.54) is 16.9 Å². The van der Waals surface area contributed by atoms with Gasteiger partial charge in [0.25, 0.3) is 5.56 Å². The van der Waals surface area contributed by atoms with Crippen LogP contribution in [0.3, 0.4) is 0 Å². The van der Waals surface area contributed by atoms with Gasteiger partial charge >= 0.3 is 0 Å². The molecule has 1 heterocycles. The molecule has 1 aromatic carbocycles. The molecule has 1 unspecified atom stereocenters. The number of aromatic nitrogens is 2. The van der Waals surface area contributed by atoms with Gasteiger partial charge in [-0.25, -0.2) is 4.68 Å². The average Bonchev–Trinajstić information content (AvgIpc) is 2.48. The van der Waals surface area contributed by atoms with E-state index >= 15 is 0 Å². The van der Waals surface area contributed by atoms with Crippen molar-refractivity contribution in [3.05, 3.63) is 58.0 Å². The maximum absolute atomic E-state index is 11.9. The van der Waals surface area contributed by atoms with Crippen LogP contribution in [-0.2, 0) is 6.54 Å². The molecule has 2 N–H and O–H groups in total. The van der Waals surface area contributed by atoms with Crippen LogP contribution in [-0.4, -0.2) is 22.4 Å². The molecule has 108 valence electrons. The summed E-state index contributed by atoms with van der Waals surface area (Å²) in [6.45, 7) is 2.50. The molecule has 1 aromatic heterocycles. The first-order valence-corrected chi connectivity index (χ1v) is 6.53. The lowest BCUT2D eigenvalue weighted by Crippen LogP contribution is -2.26. The summed E-state index contributed by atoms with van der Waals surface area (Å²) in [5.74, 6) is 0.411. The first-order chi connectivity index (χ1) is 10.1. The Kier molecular flexibility index (Phi) is 4.69. The Labute approximate surface area is 122 Å². The zero-order valence-electron chi connectivity index (χ0n) is 11.7. The van der Waals surface area contributed by atoms with Crippen LogP contribution in [0, 0.1) is 11.3 Å². The normalized spacial score (nSPS) is 11.7. The van der Waals surface area contributed by atoms with Gasteiger partial charge in [0.2, 0.25) is 0 Å². The van der Waals surface area contributed by atoms with Crippen LogP contribution >= 0.6 is 0 Å². The molecule has 0 amide bonds. The quantitative estimate of drug-likeness (QED) is 0.880. The summed E-state index contributed by atoms with van der Waals surface area (Å²) >= 11 is 0. The fourth-order valence-electron chi connectivity index (χ4n) is 1.70. The summed E-state index contributed by atoms with van der Waals surface area (Å²) in [7, 11) is 0. The Bertz CT molecular complexity index is 699.